The van der Waals surface area contributed by atoms with Crippen molar-refractivity contribution in [3.8, 4) is 0 Å². The molecule has 2 aliphatic heterocycles. The van der Waals surface area contributed by atoms with E-state index in [-0.39, 0.29) is 0 Å². The van der Waals surface area contributed by atoms with Gasteiger partial charge in [0.25, 0.3) is 0 Å². The van der Waals surface area contributed by atoms with E-state index in [1.54, 1.807) is 0 Å². The van der Waals surface area contributed by atoms with E-state index < -0.39 is 0 Å². The fourth-order valence-corrected chi connectivity index (χ4v) is 3.22. The van der Waals surface area contributed by atoms with Crippen LogP contribution in [0.15, 0.2) is 0 Å². The van der Waals surface area contributed by atoms with Gasteiger partial charge in [-0.2, -0.15) is 0 Å². The Balaban J connectivity index is 2.00. The predicted molar refractivity (Wildman–Crippen MR) is 67.6 cm³/mol. The van der Waals surface area contributed by atoms with E-state index >= 15 is 0 Å². The molecule has 3 atom stereocenters. The van der Waals surface area contributed by atoms with Gasteiger partial charge in [-0.15, -0.1) is 0 Å². The average Bonchev–Trinajstić information content (AvgIpc) is 2.23. The van der Waals surface area contributed by atoms with Crippen LogP contribution >= 0.6 is 0 Å². The van der Waals surface area contributed by atoms with Crippen LogP contribution < -0.4 is 0 Å². The third-order valence-electron chi connectivity index (χ3n) is 4.54. The lowest BCUT2D eigenvalue weighted by atomic mass is 9.70. The molecule has 2 bridgehead atoms. The summed E-state index contributed by atoms with van der Waals surface area (Å²) in [6.45, 7) is 12.6. The Labute approximate surface area is 100 Å². The molecule has 0 aliphatic carbocycles. The zero-order valence-electron chi connectivity index (χ0n) is 11.4. The van der Waals surface area contributed by atoms with Gasteiger partial charge >= 0.3 is 0 Å². The van der Waals surface area contributed by atoms with Crippen molar-refractivity contribution >= 4 is 0 Å². The Morgan fingerprint density at radius 1 is 1.19 bits per heavy atom. The van der Waals surface area contributed by atoms with Crippen LogP contribution in [0.1, 0.15) is 53.4 Å². The van der Waals surface area contributed by atoms with Gasteiger partial charge in [-0.05, 0) is 58.4 Å². The van der Waals surface area contributed by atoms with Crippen LogP contribution in [0, 0.1) is 5.41 Å². The van der Waals surface area contributed by atoms with Crippen LogP contribution in [-0.4, -0.2) is 36.2 Å². The van der Waals surface area contributed by atoms with E-state index in [2.05, 4.69) is 32.6 Å². The van der Waals surface area contributed by atoms with Crippen molar-refractivity contribution in [2.24, 2.45) is 5.41 Å². The molecule has 2 heterocycles. The normalized spacial score (nSPS) is 43.7. The quantitative estimate of drug-likeness (QED) is 0.732. The first-order chi connectivity index (χ1) is 7.44. The van der Waals surface area contributed by atoms with Gasteiger partial charge in [0.2, 0.25) is 0 Å². The van der Waals surface area contributed by atoms with Crippen LogP contribution in [-0.2, 0) is 4.74 Å². The summed E-state index contributed by atoms with van der Waals surface area (Å²) in [5.41, 5.74) is 0.889. The zero-order valence-corrected chi connectivity index (χ0v) is 11.4. The highest BCUT2D eigenvalue weighted by molar-refractivity contribution is 4.99. The van der Waals surface area contributed by atoms with E-state index in [1.165, 1.54) is 38.8 Å². The molecule has 2 fully saturated rings. The van der Waals surface area contributed by atoms with E-state index in [0.717, 1.165) is 6.61 Å². The summed E-state index contributed by atoms with van der Waals surface area (Å²) in [4.78, 5) is 2.68. The fourth-order valence-electron chi connectivity index (χ4n) is 3.22. The molecule has 2 saturated heterocycles. The highest BCUT2D eigenvalue weighted by Crippen LogP contribution is 2.44. The molecule has 2 rings (SSSR count). The number of hydrogen-bond acceptors (Lipinski definition) is 2. The smallest absolute Gasteiger partial charge is 0.0651 e. The van der Waals surface area contributed by atoms with Crippen molar-refractivity contribution < 1.29 is 4.74 Å². The monoisotopic (exact) mass is 225 g/mol. The van der Waals surface area contributed by atoms with Crippen molar-refractivity contribution in [2.45, 2.75) is 65.0 Å². The van der Waals surface area contributed by atoms with Crippen LogP contribution in [0.5, 0.6) is 0 Å². The summed E-state index contributed by atoms with van der Waals surface area (Å²) < 4.78 is 5.87. The third-order valence-corrected chi connectivity index (χ3v) is 4.54. The molecule has 0 aromatic heterocycles. The third kappa shape index (κ3) is 2.43. The first kappa shape index (κ1) is 12.4. The molecule has 2 heteroatoms. The average molecular weight is 225 g/mol. The lowest BCUT2D eigenvalue weighted by Gasteiger charge is -2.55. The molecule has 94 valence electrons. The Hall–Kier alpha value is -0.0800. The minimum Gasteiger partial charge on any atom is -0.377 e. The van der Waals surface area contributed by atoms with E-state index in [0.29, 0.717) is 17.1 Å². The van der Waals surface area contributed by atoms with Gasteiger partial charge in [0.15, 0.2) is 0 Å². The lowest BCUT2D eigenvalue weighted by molar-refractivity contribution is -0.0906. The zero-order chi connectivity index (χ0) is 11.8. The molecule has 0 amide bonds. The van der Waals surface area contributed by atoms with Crippen molar-refractivity contribution in [2.75, 3.05) is 19.7 Å². The van der Waals surface area contributed by atoms with E-state index in [4.69, 9.17) is 4.74 Å². The predicted octanol–water partition coefficient (Wildman–Crippen LogP) is 3.07. The molecular weight excluding hydrogens is 198 g/mol. The maximum Gasteiger partial charge on any atom is 0.0651 e. The number of fused-ring (bicyclic) bond motifs is 2. The second-order valence-corrected chi connectivity index (χ2v) is 6.69. The summed E-state index contributed by atoms with van der Waals surface area (Å²) in [7, 11) is 0. The molecule has 0 aromatic rings. The summed E-state index contributed by atoms with van der Waals surface area (Å²) >= 11 is 0. The van der Waals surface area contributed by atoms with Gasteiger partial charge in [0.05, 0.1) is 12.7 Å². The molecule has 2 nitrogen and oxygen atoms in total. The minimum absolute atomic E-state index is 0.296. The van der Waals surface area contributed by atoms with Crippen molar-refractivity contribution in [3.63, 3.8) is 0 Å². The lowest BCUT2D eigenvalue weighted by Crippen LogP contribution is -2.60. The number of piperidine rings is 2. The van der Waals surface area contributed by atoms with Gasteiger partial charge in [0.1, 0.15) is 0 Å². The first-order valence-electron chi connectivity index (χ1n) is 6.80. The van der Waals surface area contributed by atoms with Gasteiger partial charge in [-0.1, -0.05) is 6.92 Å². The molecule has 2 aliphatic rings. The second kappa shape index (κ2) is 4.30. The maximum atomic E-state index is 5.87. The Morgan fingerprint density at radius 3 is 2.62 bits per heavy atom. The van der Waals surface area contributed by atoms with Gasteiger partial charge in [-0.3, -0.25) is 4.90 Å². The maximum absolute atomic E-state index is 5.87. The van der Waals surface area contributed by atoms with Gasteiger partial charge in [-0.25, -0.2) is 0 Å². The Morgan fingerprint density at radius 2 is 1.94 bits per heavy atom. The molecule has 0 spiro atoms. The minimum atomic E-state index is 0.296. The molecule has 0 aromatic carbocycles. The van der Waals surface area contributed by atoms with E-state index in [9.17, 15) is 0 Å². The van der Waals surface area contributed by atoms with Crippen LogP contribution in [0.4, 0.5) is 0 Å². The van der Waals surface area contributed by atoms with Crippen molar-refractivity contribution in [1.82, 2.24) is 4.90 Å². The standard InChI is InChI=1S/C14H27NO/c1-12(2)16-11-14(4)8-7-13(3)6-5-9-15(14)10-13/h12H,5-11H2,1-4H3/t13-,14-/m1/s1. The number of nitrogens with zero attached hydrogens (tertiary/aromatic N) is 1. The SMILES string of the molecule is CC(C)OC[C@@]1(C)CC[C@@]2(C)CCCN1C2. The molecule has 0 N–H and O–H groups in total. The first-order valence-corrected chi connectivity index (χ1v) is 6.80. The number of ether oxygens (including phenoxy) is 1. The number of hydrogen-bond donors (Lipinski definition) is 0. The summed E-state index contributed by atoms with van der Waals surface area (Å²) in [6, 6.07) is 0. The fraction of sp³-hybridized carbons (Fsp3) is 1.00. The van der Waals surface area contributed by atoms with Gasteiger partial charge in [0, 0.05) is 12.1 Å². The van der Waals surface area contributed by atoms with Crippen LogP contribution in [0.3, 0.4) is 0 Å². The summed E-state index contributed by atoms with van der Waals surface area (Å²) in [5, 5.41) is 0. The molecule has 0 saturated carbocycles. The highest BCUT2D eigenvalue weighted by atomic mass is 16.5. The van der Waals surface area contributed by atoms with E-state index in [1.807, 2.05) is 0 Å². The van der Waals surface area contributed by atoms with Crippen LogP contribution in [0.25, 0.3) is 0 Å². The molecule has 1 unspecified atom stereocenters. The Bertz CT molecular complexity index is 249. The second-order valence-electron chi connectivity index (χ2n) is 6.69. The van der Waals surface area contributed by atoms with Gasteiger partial charge < -0.3 is 4.74 Å². The highest BCUT2D eigenvalue weighted by Gasteiger charge is 2.45. The molecule has 16 heavy (non-hydrogen) atoms. The summed E-state index contributed by atoms with van der Waals surface area (Å²) in [6.07, 6.45) is 5.82. The van der Waals surface area contributed by atoms with Crippen molar-refractivity contribution in [1.29, 1.82) is 0 Å². The Kier molecular flexibility index (Phi) is 3.33. The largest absolute Gasteiger partial charge is 0.377 e. The molecule has 0 radical (unpaired) electrons. The van der Waals surface area contributed by atoms with Crippen molar-refractivity contribution in [3.05, 3.63) is 0 Å². The molecular formula is C14H27NO. The summed E-state index contributed by atoms with van der Waals surface area (Å²) in [5.74, 6) is 0. The number of rotatable bonds is 3. The topological polar surface area (TPSA) is 12.5 Å². The van der Waals surface area contributed by atoms with Crippen LogP contribution in [0.2, 0.25) is 0 Å².